The van der Waals surface area contributed by atoms with Crippen molar-refractivity contribution in [1.82, 2.24) is 0 Å². The van der Waals surface area contributed by atoms with Gasteiger partial charge in [-0.2, -0.15) is 0 Å². The van der Waals surface area contributed by atoms with Gasteiger partial charge in [-0.15, -0.1) is 0 Å². The predicted molar refractivity (Wildman–Crippen MR) is 139 cm³/mol. The molecule has 0 N–H and O–H groups in total. The quantitative estimate of drug-likeness (QED) is 0.125. The molecular formula is C30H40O3. The molecule has 3 aromatic rings. The summed E-state index contributed by atoms with van der Waals surface area (Å²) in [6, 6.07) is 19.4. The topological polar surface area (TPSA) is 35.5 Å². The fraction of sp³-hybridized carbons (Fsp3) is 0.500. The highest BCUT2D eigenvalue weighted by atomic mass is 16.5. The molecule has 0 aliphatic rings. The lowest BCUT2D eigenvalue weighted by molar-refractivity contribution is -0.143. The average molecular weight is 449 g/mol. The third-order valence-electron chi connectivity index (χ3n) is 6.29. The molecule has 0 aliphatic heterocycles. The first-order valence-electron chi connectivity index (χ1n) is 13.0. The van der Waals surface area contributed by atoms with E-state index in [4.69, 9.17) is 9.47 Å². The Bertz CT molecular complexity index is 979. The van der Waals surface area contributed by atoms with E-state index in [9.17, 15) is 4.79 Å². The zero-order chi connectivity index (χ0) is 23.1. The predicted octanol–water partition coefficient (Wildman–Crippen LogP) is 8.62. The lowest BCUT2D eigenvalue weighted by Crippen LogP contribution is -2.03. The molecule has 0 amide bonds. The number of hydrogen-bond donors (Lipinski definition) is 0. The van der Waals surface area contributed by atoms with Gasteiger partial charge in [-0.3, -0.25) is 4.79 Å². The number of esters is 1. The highest BCUT2D eigenvalue weighted by Gasteiger charge is 2.04. The molecule has 33 heavy (non-hydrogen) atoms. The van der Waals surface area contributed by atoms with E-state index in [0.29, 0.717) is 13.0 Å². The monoisotopic (exact) mass is 448 g/mol. The molecule has 0 aromatic heterocycles. The lowest BCUT2D eigenvalue weighted by Gasteiger charge is -2.10. The van der Waals surface area contributed by atoms with Gasteiger partial charge in [0.25, 0.3) is 0 Å². The number of fused-ring (bicyclic) bond motifs is 2. The second kappa shape index (κ2) is 14.6. The zero-order valence-corrected chi connectivity index (χ0v) is 20.3. The van der Waals surface area contributed by atoms with Crippen LogP contribution in [0.25, 0.3) is 21.5 Å². The van der Waals surface area contributed by atoms with Gasteiger partial charge in [-0.25, -0.2) is 0 Å². The Morgan fingerprint density at radius 1 is 0.667 bits per heavy atom. The van der Waals surface area contributed by atoms with Crippen molar-refractivity contribution < 1.29 is 14.3 Å². The molecule has 0 aliphatic carbocycles. The molecule has 3 aromatic carbocycles. The Labute approximate surface area is 199 Å². The summed E-state index contributed by atoms with van der Waals surface area (Å²) in [6.07, 6.45) is 14.2. The van der Waals surface area contributed by atoms with Gasteiger partial charge in [0.1, 0.15) is 5.75 Å². The van der Waals surface area contributed by atoms with Crippen molar-refractivity contribution in [3.8, 4) is 5.75 Å². The van der Waals surface area contributed by atoms with Crippen LogP contribution < -0.4 is 4.74 Å². The Hall–Kier alpha value is -2.55. The third kappa shape index (κ3) is 8.72. The van der Waals surface area contributed by atoms with E-state index in [2.05, 4.69) is 54.6 Å². The minimum Gasteiger partial charge on any atom is -0.493 e. The summed E-state index contributed by atoms with van der Waals surface area (Å²) in [5.41, 5.74) is 0. The summed E-state index contributed by atoms with van der Waals surface area (Å²) in [5, 5.41) is 4.98. The van der Waals surface area contributed by atoms with Gasteiger partial charge in [-0.1, -0.05) is 94.2 Å². The molecule has 178 valence electrons. The minimum atomic E-state index is -0.0476. The maximum absolute atomic E-state index is 11.3. The lowest BCUT2D eigenvalue weighted by atomic mass is 10.0. The molecule has 0 atom stereocenters. The van der Waals surface area contributed by atoms with Crippen LogP contribution in [0.4, 0.5) is 0 Å². The van der Waals surface area contributed by atoms with Crippen molar-refractivity contribution in [1.29, 1.82) is 0 Å². The summed E-state index contributed by atoms with van der Waals surface area (Å²) in [7, 11) is 0. The Balaban J connectivity index is 1.21. The standard InChI is InChI=1S/C30H40O3/c1-2-32-30(31)21-12-10-8-6-4-3-5-7-9-11-15-22-33-29-20-16-19-27-23-25-17-13-14-18-26(25)24-28(27)29/h13-14,16-20,23-24H,2-12,15,21-22H2,1H3. The molecule has 0 radical (unpaired) electrons. The smallest absolute Gasteiger partial charge is 0.305 e. The van der Waals surface area contributed by atoms with Crippen LogP contribution in [0.1, 0.15) is 84.0 Å². The SMILES string of the molecule is CCOC(=O)CCCCCCCCCCCCCOc1cccc2cc3ccccc3cc12. The summed E-state index contributed by atoms with van der Waals surface area (Å²) >= 11 is 0. The minimum absolute atomic E-state index is 0.0476. The molecule has 3 heteroatoms. The van der Waals surface area contributed by atoms with Gasteiger partial charge in [0.15, 0.2) is 0 Å². The largest absolute Gasteiger partial charge is 0.493 e. The maximum Gasteiger partial charge on any atom is 0.305 e. The second-order valence-corrected chi connectivity index (χ2v) is 8.97. The zero-order valence-electron chi connectivity index (χ0n) is 20.3. The molecule has 0 saturated heterocycles. The van der Waals surface area contributed by atoms with Crippen molar-refractivity contribution in [3.05, 3.63) is 54.6 Å². The van der Waals surface area contributed by atoms with Crippen molar-refractivity contribution in [3.63, 3.8) is 0 Å². The second-order valence-electron chi connectivity index (χ2n) is 8.97. The van der Waals surface area contributed by atoms with Gasteiger partial charge >= 0.3 is 5.97 Å². The number of rotatable bonds is 16. The molecule has 0 spiro atoms. The van der Waals surface area contributed by atoms with Crippen molar-refractivity contribution in [2.75, 3.05) is 13.2 Å². The van der Waals surface area contributed by atoms with Crippen molar-refractivity contribution in [2.45, 2.75) is 84.0 Å². The molecular weight excluding hydrogens is 408 g/mol. The third-order valence-corrected chi connectivity index (χ3v) is 6.29. The molecule has 0 heterocycles. The first-order chi connectivity index (χ1) is 16.3. The highest BCUT2D eigenvalue weighted by Crippen LogP contribution is 2.30. The normalized spacial score (nSPS) is 11.2. The summed E-state index contributed by atoms with van der Waals surface area (Å²) < 4.78 is 11.1. The van der Waals surface area contributed by atoms with E-state index in [1.807, 2.05) is 6.92 Å². The number of ether oxygens (including phenoxy) is 2. The van der Waals surface area contributed by atoms with Crippen LogP contribution in [-0.2, 0) is 9.53 Å². The van der Waals surface area contributed by atoms with Gasteiger partial charge in [0.2, 0.25) is 0 Å². The van der Waals surface area contributed by atoms with Crippen LogP contribution >= 0.6 is 0 Å². The van der Waals surface area contributed by atoms with Gasteiger partial charge in [0.05, 0.1) is 13.2 Å². The van der Waals surface area contributed by atoms with Crippen LogP contribution in [0.2, 0.25) is 0 Å². The number of hydrogen-bond acceptors (Lipinski definition) is 3. The van der Waals surface area contributed by atoms with Crippen LogP contribution in [0.5, 0.6) is 5.75 Å². The summed E-state index contributed by atoms with van der Waals surface area (Å²) in [6.45, 7) is 3.14. The summed E-state index contributed by atoms with van der Waals surface area (Å²) in [5.74, 6) is 0.953. The Morgan fingerprint density at radius 3 is 1.91 bits per heavy atom. The van der Waals surface area contributed by atoms with E-state index >= 15 is 0 Å². The van der Waals surface area contributed by atoms with Crippen LogP contribution in [-0.4, -0.2) is 19.2 Å². The van der Waals surface area contributed by atoms with Crippen LogP contribution in [0.15, 0.2) is 54.6 Å². The van der Waals surface area contributed by atoms with Crippen LogP contribution in [0.3, 0.4) is 0 Å². The first-order valence-corrected chi connectivity index (χ1v) is 13.0. The van der Waals surface area contributed by atoms with Crippen LogP contribution in [0, 0.1) is 0 Å². The van der Waals surface area contributed by atoms with E-state index in [0.717, 1.165) is 31.6 Å². The molecule has 0 saturated carbocycles. The Morgan fingerprint density at radius 2 is 1.24 bits per heavy atom. The maximum atomic E-state index is 11.3. The fourth-order valence-electron chi connectivity index (χ4n) is 4.44. The van der Waals surface area contributed by atoms with Crippen molar-refractivity contribution in [2.24, 2.45) is 0 Å². The molecule has 0 fully saturated rings. The van der Waals surface area contributed by atoms with E-state index < -0.39 is 0 Å². The van der Waals surface area contributed by atoms with Gasteiger partial charge < -0.3 is 9.47 Å². The first kappa shape index (κ1) is 25.1. The molecule has 3 nitrogen and oxygen atoms in total. The number of carbonyl (C=O) groups excluding carboxylic acids is 1. The average Bonchev–Trinajstić information content (AvgIpc) is 2.83. The molecule has 0 unspecified atom stereocenters. The number of benzene rings is 3. The molecule has 0 bridgehead atoms. The van der Waals surface area contributed by atoms with Gasteiger partial charge in [0, 0.05) is 11.8 Å². The van der Waals surface area contributed by atoms with E-state index in [-0.39, 0.29) is 5.97 Å². The summed E-state index contributed by atoms with van der Waals surface area (Å²) in [4.78, 5) is 11.3. The highest BCUT2D eigenvalue weighted by molar-refractivity contribution is 6.00. The van der Waals surface area contributed by atoms with Crippen molar-refractivity contribution >= 4 is 27.5 Å². The van der Waals surface area contributed by atoms with Gasteiger partial charge in [-0.05, 0) is 54.1 Å². The van der Waals surface area contributed by atoms with E-state index in [1.54, 1.807) is 0 Å². The Kier molecular flexibility index (Phi) is 11.1. The number of unbranched alkanes of at least 4 members (excludes halogenated alkanes) is 10. The number of carbonyl (C=O) groups is 1. The fourth-order valence-corrected chi connectivity index (χ4v) is 4.44. The molecule has 3 rings (SSSR count). The van der Waals surface area contributed by atoms with E-state index in [1.165, 1.54) is 72.9 Å².